The van der Waals surface area contributed by atoms with E-state index in [4.69, 9.17) is 0 Å². The predicted molar refractivity (Wildman–Crippen MR) is 133 cm³/mol. The number of halogens is 2. The van der Waals surface area contributed by atoms with E-state index in [1.54, 1.807) is 35.5 Å². The van der Waals surface area contributed by atoms with Crippen LogP contribution in [0.5, 0.6) is 0 Å². The molecule has 1 saturated heterocycles. The number of para-hydroxylation sites is 1. The number of rotatable bonds is 4. The first-order valence-corrected chi connectivity index (χ1v) is 12.1. The molecule has 2 aromatic carbocycles. The van der Waals surface area contributed by atoms with Crippen molar-refractivity contribution in [3.8, 4) is 16.9 Å². The number of pyridine rings is 1. The van der Waals surface area contributed by atoms with Crippen molar-refractivity contribution in [3.05, 3.63) is 95.9 Å². The summed E-state index contributed by atoms with van der Waals surface area (Å²) in [5.41, 5.74) is 3.38. The zero-order valence-corrected chi connectivity index (χ0v) is 19.8. The number of aromatic nitrogens is 3. The van der Waals surface area contributed by atoms with Gasteiger partial charge in [-0.3, -0.25) is 14.6 Å². The summed E-state index contributed by atoms with van der Waals surface area (Å²) >= 11 is 0. The summed E-state index contributed by atoms with van der Waals surface area (Å²) < 4.78 is 29.6. The van der Waals surface area contributed by atoms with Gasteiger partial charge < -0.3 is 9.80 Å². The molecule has 7 nitrogen and oxygen atoms in total. The first kappa shape index (κ1) is 23.0. The van der Waals surface area contributed by atoms with Crippen molar-refractivity contribution in [3.63, 3.8) is 0 Å². The van der Waals surface area contributed by atoms with Crippen molar-refractivity contribution >= 4 is 17.5 Å². The maximum Gasteiger partial charge on any atom is 0.274 e. The summed E-state index contributed by atoms with van der Waals surface area (Å²) in [6.07, 6.45) is 4.90. The van der Waals surface area contributed by atoms with Crippen LogP contribution in [0.3, 0.4) is 0 Å². The molecule has 0 spiro atoms. The number of benzene rings is 2. The monoisotopic (exact) mass is 499 g/mol. The number of amides is 2. The molecule has 0 bridgehead atoms. The minimum absolute atomic E-state index is 0.0263. The fourth-order valence-electron chi connectivity index (χ4n) is 5.22. The first-order valence-electron chi connectivity index (χ1n) is 12.1. The van der Waals surface area contributed by atoms with Gasteiger partial charge in [0.2, 0.25) is 5.91 Å². The number of fused-ring (bicyclic) bond motifs is 1. The average Bonchev–Trinajstić information content (AvgIpc) is 3.50. The molecule has 6 rings (SSSR count). The van der Waals surface area contributed by atoms with Crippen molar-refractivity contribution < 1.29 is 18.4 Å². The number of carbonyl (C=O) groups excluding carboxylic acids is 2. The predicted octanol–water partition coefficient (Wildman–Crippen LogP) is 4.41. The molecule has 4 aromatic rings. The van der Waals surface area contributed by atoms with Crippen molar-refractivity contribution in [1.29, 1.82) is 0 Å². The number of hydrogen-bond acceptors (Lipinski definition) is 4. The van der Waals surface area contributed by atoms with Gasteiger partial charge >= 0.3 is 0 Å². The Morgan fingerprint density at radius 1 is 0.919 bits per heavy atom. The van der Waals surface area contributed by atoms with Gasteiger partial charge in [-0.05, 0) is 54.8 Å². The fourth-order valence-corrected chi connectivity index (χ4v) is 5.22. The maximum atomic E-state index is 14.7. The summed E-state index contributed by atoms with van der Waals surface area (Å²) in [6.45, 7) is 0.940. The minimum Gasteiger partial charge on any atom is -0.337 e. The van der Waals surface area contributed by atoms with Gasteiger partial charge in [-0.2, -0.15) is 5.10 Å². The summed E-state index contributed by atoms with van der Waals surface area (Å²) in [4.78, 5) is 33.8. The first-order chi connectivity index (χ1) is 18.0. The Bertz CT molecular complexity index is 1500. The number of piperidine rings is 1. The van der Waals surface area contributed by atoms with Crippen molar-refractivity contribution in [1.82, 2.24) is 19.7 Å². The summed E-state index contributed by atoms with van der Waals surface area (Å²) in [6, 6.07) is 16.2. The lowest BCUT2D eigenvalue weighted by molar-refractivity contribution is -0.118. The normalized spacial score (nSPS) is 15.8. The molecule has 2 aliphatic rings. The van der Waals surface area contributed by atoms with Crippen LogP contribution in [0.15, 0.2) is 73.1 Å². The minimum atomic E-state index is -0.784. The molecule has 0 aliphatic carbocycles. The third-order valence-electron chi connectivity index (χ3n) is 7.02. The second kappa shape index (κ2) is 9.24. The van der Waals surface area contributed by atoms with E-state index in [0.717, 1.165) is 23.4 Å². The molecule has 0 N–H and O–H groups in total. The SMILES string of the molecule is O=C(c1cc(-c2ccncc2)n(-c2ccc(F)cc2F)n1)N1CCC(N2C(=O)Cc3ccccc32)CC1. The lowest BCUT2D eigenvalue weighted by Crippen LogP contribution is -2.48. The van der Waals surface area contributed by atoms with Crippen LogP contribution in [-0.2, 0) is 11.2 Å². The fraction of sp³-hybridized carbons (Fsp3) is 0.214. The molecule has 37 heavy (non-hydrogen) atoms. The second-order valence-electron chi connectivity index (χ2n) is 9.25. The van der Waals surface area contributed by atoms with Crippen LogP contribution in [0, 0.1) is 11.6 Å². The van der Waals surface area contributed by atoms with Crippen LogP contribution in [0.2, 0.25) is 0 Å². The molecule has 2 aliphatic heterocycles. The number of nitrogens with zero attached hydrogens (tertiary/aromatic N) is 5. The third kappa shape index (κ3) is 4.16. The molecule has 4 heterocycles. The summed E-state index contributed by atoms with van der Waals surface area (Å²) in [5, 5.41) is 4.44. The van der Waals surface area contributed by atoms with Gasteiger partial charge in [0.15, 0.2) is 11.5 Å². The second-order valence-corrected chi connectivity index (χ2v) is 9.25. The number of carbonyl (C=O) groups is 2. The zero-order valence-electron chi connectivity index (χ0n) is 19.8. The molecule has 0 atom stereocenters. The van der Waals surface area contributed by atoms with Gasteiger partial charge in [0, 0.05) is 48.8 Å². The van der Waals surface area contributed by atoms with Gasteiger partial charge in [0.05, 0.1) is 12.1 Å². The molecule has 0 saturated carbocycles. The Morgan fingerprint density at radius 2 is 1.68 bits per heavy atom. The third-order valence-corrected chi connectivity index (χ3v) is 7.02. The molecule has 186 valence electrons. The Morgan fingerprint density at radius 3 is 2.43 bits per heavy atom. The van der Waals surface area contributed by atoms with Crippen LogP contribution in [0.1, 0.15) is 28.9 Å². The highest BCUT2D eigenvalue weighted by Crippen LogP contribution is 2.34. The van der Waals surface area contributed by atoms with Crippen LogP contribution in [0.25, 0.3) is 16.9 Å². The molecule has 1 fully saturated rings. The van der Waals surface area contributed by atoms with Gasteiger partial charge in [-0.15, -0.1) is 0 Å². The van der Waals surface area contributed by atoms with Crippen LogP contribution in [-0.4, -0.2) is 50.6 Å². The van der Waals surface area contributed by atoms with Crippen LogP contribution < -0.4 is 4.90 Å². The average molecular weight is 500 g/mol. The van der Waals surface area contributed by atoms with Gasteiger partial charge in [-0.1, -0.05) is 18.2 Å². The molecular formula is C28H23F2N5O2. The Kier molecular flexibility index (Phi) is 5.75. The van der Waals surface area contributed by atoms with E-state index in [1.165, 1.54) is 10.7 Å². The topological polar surface area (TPSA) is 71.3 Å². The Balaban J connectivity index is 1.26. The maximum absolute atomic E-state index is 14.7. The Labute approximate surface area is 212 Å². The zero-order chi connectivity index (χ0) is 25.5. The lowest BCUT2D eigenvalue weighted by Gasteiger charge is -2.36. The standard InChI is InChI=1S/C28H23F2N5O2/c29-20-5-6-25(22(30)16-20)35-26(18-7-11-31-12-8-18)17-23(32-35)28(37)33-13-9-21(10-14-33)34-24-4-2-1-3-19(24)15-27(34)36/h1-8,11-12,16-17,21H,9-10,13-15H2. The van der Waals surface area contributed by atoms with Crippen molar-refractivity contribution in [2.24, 2.45) is 0 Å². The summed E-state index contributed by atoms with van der Waals surface area (Å²) in [5.74, 6) is -1.66. The number of anilines is 1. The number of hydrogen-bond donors (Lipinski definition) is 0. The quantitative estimate of drug-likeness (QED) is 0.417. The van der Waals surface area contributed by atoms with E-state index in [0.29, 0.717) is 43.6 Å². The van der Waals surface area contributed by atoms with Crippen LogP contribution in [0.4, 0.5) is 14.5 Å². The van der Waals surface area contributed by atoms with Crippen LogP contribution >= 0.6 is 0 Å². The highest BCUT2D eigenvalue weighted by atomic mass is 19.1. The largest absolute Gasteiger partial charge is 0.337 e. The molecule has 0 unspecified atom stereocenters. The van der Waals surface area contributed by atoms with Gasteiger partial charge in [0.1, 0.15) is 11.5 Å². The Hall–Kier alpha value is -4.40. The van der Waals surface area contributed by atoms with E-state index in [2.05, 4.69) is 10.1 Å². The van der Waals surface area contributed by atoms with E-state index < -0.39 is 11.6 Å². The van der Waals surface area contributed by atoms with Gasteiger partial charge in [-0.25, -0.2) is 13.5 Å². The smallest absolute Gasteiger partial charge is 0.274 e. The summed E-state index contributed by atoms with van der Waals surface area (Å²) in [7, 11) is 0. The lowest BCUT2D eigenvalue weighted by atomic mass is 10.0. The van der Waals surface area contributed by atoms with Crippen molar-refractivity contribution in [2.45, 2.75) is 25.3 Å². The van der Waals surface area contributed by atoms with Crippen molar-refractivity contribution in [2.75, 3.05) is 18.0 Å². The highest BCUT2D eigenvalue weighted by Gasteiger charge is 2.36. The van der Waals surface area contributed by atoms with E-state index >= 15 is 0 Å². The molecular weight excluding hydrogens is 476 g/mol. The van der Waals surface area contributed by atoms with Gasteiger partial charge in [0.25, 0.3) is 5.91 Å². The molecule has 9 heteroatoms. The van der Waals surface area contributed by atoms with E-state index in [-0.39, 0.29) is 29.2 Å². The van der Waals surface area contributed by atoms with E-state index in [9.17, 15) is 18.4 Å². The molecule has 2 aromatic heterocycles. The molecule has 2 amide bonds. The van der Waals surface area contributed by atoms with E-state index in [1.807, 2.05) is 29.2 Å². The molecule has 0 radical (unpaired) electrons. The number of likely N-dealkylation sites (tertiary alicyclic amines) is 1. The highest BCUT2D eigenvalue weighted by molar-refractivity contribution is 6.02.